The third kappa shape index (κ3) is 1.67. The van der Waals surface area contributed by atoms with Gasteiger partial charge in [-0.2, -0.15) is 0 Å². The van der Waals surface area contributed by atoms with Gasteiger partial charge >= 0.3 is 0 Å². The minimum Gasteiger partial charge on any atom is -0.365 e. The highest BCUT2D eigenvalue weighted by Crippen LogP contribution is 2.66. The maximum Gasteiger partial charge on any atom is 0.178 e. The van der Waals surface area contributed by atoms with Crippen molar-refractivity contribution in [2.24, 2.45) is 28.6 Å². The van der Waals surface area contributed by atoms with Crippen molar-refractivity contribution in [1.29, 1.82) is 0 Å². The molecule has 4 aliphatic carbocycles. The quantitative estimate of drug-likeness (QED) is 0.676. The van der Waals surface area contributed by atoms with Crippen LogP contribution in [0.4, 0.5) is 0 Å². The Morgan fingerprint density at radius 2 is 1.82 bits per heavy atom. The fraction of sp³-hybridized carbons (Fsp3) is 0.737. The Morgan fingerprint density at radius 1 is 1.09 bits per heavy atom. The number of carbonyl (C=O) groups is 1. The highest BCUT2D eigenvalue weighted by Gasteiger charge is 2.63. The molecule has 22 heavy (non-hydrogen) atoms. The molecule has 4 aliphatic rings. The summed E-state index contributed by atoms with van der Waals surface area (Å²) < 4.78 is 0. The van der Waals surface area contributed by atoms with Crippen LogP contribution in [0.15, 0.2) is 23.8 Å². The van der Waals surface area contributed by atoms with Gasteiger partial charge in [0.2, 0.25) is 0 Å². The molecule has 0 heterocycles. The molecule has 5 atom stereocenters. The van der Waals surface area contributed by atoms with Gasteiger partial charge in [-0.25, -0.2) is 0 Å². The predicted octanol–water partition coefficient (Wildman–Crippen LogP) is 2.98. The molecule has 4 rings (SSSR count). The molecule has 0 unspecified atom stereocenters. The number of hydrogen-bond donors (Lipinski definition) is 2. The summed E-state index contributed by atoms with van der Waals surface area (Å²) in [5.41, 5.74) is 0.927. The maximum absolute atomic E-state index is 11.7. The van der Waals surface area contributed by atoms with Gasteiger partial charge in [-0.1, -0.05) is 25.5 Å². The third-order valence-corrected chi connectivity index (χ3v) is 7.66. The molecule has 0 spiro atoms. The molecule has 3 fully saturated rings. The Bertz CT molecular complexity index is 587. The van der Waals surface area contributed by atoms with E-state index in [0.29, 0.717) is 24.2 Å². The van der Waals surface area contributed by atoms with Crippen LogP contribution in [0, 0.1) is 28.6 Å². The zero-order valence-electron chi connectivity index (χ0n) is 13.5. The van der Waals surface area contributed by atoms with Crippen molar-refractivity contribution < 1.29 is 15.0 Å². The lowest BCUT2D eigenvalue weighted by atomic mass is 9.48. The molecule has 0 radical (unpaired) electrons. The number of ketones is 1. The SMILES string of the molecule is C[C@]12C=CC(=O)C=C1CC[C@@H]1[C@@H]2CC[C@@]2(C)[C@H]1CCC2(O)O. The lowest BCUT2D eigenvalue weighted by molar-refractivity contribution is -0.246. The van der Waals surface area contributed by atoms with E-state index in [2.05, 4.69) is 19.9 Å². The van der Waals surface area contributed by atoms with E-state index >= 15 is 0 Å². The Hall–Kier alpha value is -0.930. The summed E-state index contributed by atoms with van der Waals surface area (Å²) in [6.07, 6.45) is 11.1. The summed E-state index contributed by atoms with van der Waals surface area (Å²) in [4.78, 5) is 11.7. The van der Waals surface area contributed by atoms with Gasteiger partial charge in [0.25, 0.3) is 0 Å². The van der Waals surface area contributed by atoms with Gasteiger partial charge in [-0.15, -0.1) is 0 Å². The Balaban J connectivity index is 1.71. The fourth-order valence-electron chi connectivity index (χ4n) is 6.19. The van der Waals surface area contributed by atoms with E-state index in [-0.39, 0.29) is 16.6 Å². The van der Waals surface area contributed by atoms with Crippen molar-refractivity contribution in [3.05, 3.63) is 23.8 Å². The Labute approximate surface area is 132 Å². The molecule has 3 heteroatoms. The number of aliphatic hydroxyl groups is 2. The third-order valence-electron chi connectivity index (χ3n) is 7.66. The van der Waals surface area contributed by atoms with Crippen molar-refractivity contribution in [2.75, 3.05) is 0 Å². The lowest BCUT2D eigenvalue weighted by Crippen LogP contribution is -2.54. The minimum absolute atomic E-state index is 0.00564. The molecule has 2 N–H and O–H groups in total. The molecule has 0 saturated heterocycles. The van der Waals surface area contributed by atoms with E-state index in [1.54, 1.807) is 6.08 Å². The molecule has 3 saturated carbocycles. The largest absolute Gasteiger partial charge is 0.365 e. The van der Waals surface area contributed by atoms with Crippen molar-refractivity contribution in [2.45, 2.75) is 58.2 Å². The number of carbonyl (C=O) groups excluding carboxylic acids is 1. The highest BCUT2D eigenvalue weighted by molar-refractivity contribution is 6.01. The molecular weight excluding hydrogens is 276 g/mol. The predicted molar refractivity (Wildman–Crippen MR) is 83.8 cm³/mol. The van der Waals surface area contributed by atoms with Crippen molar-refractivity contribution in [3.63, 3.8) is 0 Å². The van der Waals surface area contributed by atoms with Gasteiger partial charge in [0.15, 0.2) is 11.6 Å². The molecule has 0 aromatic carbocycles. The zero-order chi connectivity index (χ0) is 15.8. The standard InChI is InChI=1S/C19H26O3/c1-17-8-5-13(20)11-12(17)3-4-14-15(17)6-9-18(2)16(14)7-10-19(18,21)22/h5,8,11,14-16,21-22H,3-4,6-7,9-10H2,1-2H3/t14-,15+,16+,17+,18+/m1/s1. The second-order valence-corrected chi connectivity index (χ2v) is 8.41. The van der Waals surface area contributed by atoms with E-state index in [4.69, 9.17) is 0 Å². The van der Waals surface area contributed by atoms with Crippen LogP contribution in [0.5, 0.6) is 0 Å². The average Bonchev–Trinajstić information content (AvgIpc) is 2.70. The van der Waals surface area contributed by atoms with E-state index in [1.165, 1.54) is 5.57 Å². The van der Waals surface area contributed by atoms with Crippen molar-refractivity contribution >= 4 is 5.78 Å². The maximum atomic E-state index is 11.7. The monoisotopic (exact) mass is 302 g/mol. The molecular formula is C19H26O3. The summed E-state index contributed by atoms with van der Waals surface area (Å²) in [6, 6.07) is 0. The van der Waals surface area contributed by atoms with Gasteiger partial charge in [-0.3, -0.25) is 4.79 Å². The number of allylic oxidation sites excluding steroid dienone is 4. The van der Waals surface area contributed by atoms with Crippen molar-refractivity contribution in [3.8, 4) is 0 Å². The molecule has 120 valence electrons. The van der Waals surface area contributed by atoms with Crippen LogP contribution in [0.3, 0.4) is 0 Å². The first-order chi connectivity index (χ1) is 10.3. The highest BCUT2D eigenvalue weighted by atomic mass is 16.5. The second kappa shape index (κ2) is 4.33. The number of hydrogen-bond acceptors (Lipinski definition) is 3. The van der Waals surface area contributed by atoms with Gasteiger partial charge < -0.3 is 10.2 Å². The first-order valence-electron chi connectivity index (χ1n) is 8.67. The van der Waals surface area contributed by atoms with Gasteiger partial charge in [0.1, 0.15) is 0 Å². The summed E-state index contributed by atoms with van der Waals surface area (Å²) in [6.45, 7) is 4.36. The van der Waals surface area contributed by atoms with E-state index in [9.17, 15) is 15.0 Å². The van der Waals surface area contributed by atoms with E-state index in [1.807, 2.05) is 6.08 Å². The molecule has 0 aromatic rings. The normalized spacial score (nSPS) is 49.2. The first-order valence-corrected chi connectivity index (χ1v) is 8.67. The second-order valence-electron chi connectivity index (χ2n) is 8.41. The van der Waals surface area contributed by atoms with Crippen LogP contribution in [0.1, 0.15) is 52.4 Å². The fourth-order valence-corrected chi connectivity index (χ4v) is 6.19. The minimum atomic E-state index is -1.50. The number of fused-ring (bicyclic) bond motifs is 5. The molecule has 0 amide bonds. The van der Waals surface area contributed by atoms with Crippen LogP contribution in [-0.4, -0.2) is 21.8 Å². The van der Waals surface area contributed by atoms with Gasteiger partial charge in [0, 0.05) is 17.3 Å². The average molecular weight is 302 g/mol. The molecule has 0 aromatic heterocycles. The first kappa shape index (κ1) is 14.6. The van der Waals surface area contributed by atoms with E-state index in [0.717, 1.165) is 32.1 Å². The van der Waals surface area contributed by atoms with Crippen LogP contribution in [0.25, 0.3) is 0 Å². The molecule has 0 aliphatic heterocycles. The van der Waals surface area contributed by atoms with Gasteiger partial charge in [0.05, 0.1) is 0 Å². The zero-order valence-corrected chi connectivity index (χ0v) is 13.5. The summed E-state index contributed by atoms with van der Waals surface area (Å²) in [5, 5.41) is 20.9. The van der Waals surface area contributed by atoms with Crippen molar-refractivity contribution in [1.82, 2.24) is 0 Å². The summed E-state index contributed by atoms with van der Waals surface area (Å²) in [5.74, 6) is 0.0875. The lowest BCUT2D eigenvalue weighted by Gasteiger charge is -2.57. The summed E-state index contributed by atoms with van der Waals surface area (Å²) >= 11 is 0. The van der Waals surface area contributed by atoms with Crippen LogP contribution >= 0.6 is 0 Å². The molecule has 3 nitrogen and oxygen atoms in total. The Kier molecular flexibility index (Phi) is 2.88. The molecule has 0 bridgehead atoms. The van der Waals surface area contributed by atoms with Gasteiger partial charge in [-0.05, 0) is 62.0 Å². The smallest absolute Gasteiger partial charge is 0.178 e. The van der Waals surface area contributed by atoms with E-state index < -0.39 is 5.79 Å². The van der Waals surface area contributed by atoms with Crippen LogP contribution in [-0.2, 0) is 4.79 Å². The van der Waals surface area contributed by atoms with Crippen LogP contribution in [0.2, 0.25) is 0 Å². The Morgan fingerprint density at radius 3 is 2.59 bits per heavy atom. The van der Waals surface area contributed by atoms with Crippen LogP contribution < -0.4 is 0 Å². The summed E-state index contributed by atoms with van der Waals surface area (Å²) in [7, 11) is 0. The number of rotatable bonds is 0. The topological polar surface area (TPSA) is 57.5 Å².